The standard InChI is InChI=1S/C11H11N3O3/c1-2-3-6-13-9-7-8(11(12)15)4-5-10(9)14(16)17/h4-5,7,13H,6H2,1H3,(H2,12,15). The molecule has 1 aromatic carbocycles. The van der Waals surface area contributed by atoms with Crippen molar-refractivity contribution in [2.45, 2.75) is 6.92 Å². The van der Waals surface area contributed by atoms with E-state index in [1.807, 2.05) is 0 Å². The van der Waals surface area contributed by atoms with E-state index in [4.69, 9.17) is 5.73 Å². The monoisotopic (exact) mass is 233 g/mol. The van der Waals surface area contributed by atoms with Crippen LogP contribution in [0.3, 0.4) is 0 Å². The summed E-state index contributed by atoms with van der Waals surface area (Å²) in [4.78, 5) is 21.2. The number of nitro groups is 1. The predicted molar refractivity (Wildman–Crippen MR) is 63.6 cm³/mol. The molecule has 0 aliphatic rings. The highest BCUT2D eigenvalue weighted by atomic mass is 16.6. The van der Waals surface area contributed by atoms with Crippen molar-refractivity contribution in [3.8, 4) is 11.8 Å². The first-order valence-electron chi connectivity index (χ1n) is 4.78. The van der Waals surface area contributed by atoms with Gasteiger partial charge in [0.15, 0.2) is 0 Å². The number of nitro benzene ring substituents is 1. The van der Waals surface area contributed by atoms with Crippen molar-refractivity contribution in [1.82, 2.24) is 0 Å². The van der Waals surface area contributed by atoms with Gasteiger partial charge in [0.2, 0.25) is 5.91 Å². The van der Waals surface area contributed by atoms with Gasteiger partial charge >= 0.3 is 0 Å². The summed E-state index contributed by atoms with van der Waals surface area (Å²) in [5, 5.41) is 13.5. The molecule has 0 heterocycles. The molecule has 0 fully saturated rings. The molecule has 0 unspecified atom stereocenters. The first-order chi connectivity index (χ1) is 8.06. The maximum atomic E-state index is 11.0. The molecule has 6 heteroatoms. The fourth-order valence-electron chi connectivity index (χ4n) is 1.22. The quantitative estimate of drug-likeness (QED) is 0.462. The zero-order valence-corrected chi connectivity index (χ0v) is 9.19. The Kier molecular flexibility index (Phi) is 4.06. The third-order valence-corrected chi connectivity index (χ3v) is 2.02. The number of nitrogens with two attached hydrogens (primary N) is 1. The normalized spacial score (nSPS) is 9.00. The fraction of sp³-hybridized carbons (Fsp3) is 0.182. The van der Waals surface area contributed by atoms with Crippen molar-refractivity contribution in [3.63, 3.8) is 0 Å². The highest BCUT2D eigenvalue weighted by Crippen LogP contribution is 2.24. The van der Waals surface area contributed by atoms with Crippen LogP contribution in [0.15, 0.2) is 18.2 Å². The zero-order chi connectivity index (χ0) is 12.8. The molecule has 1 aromatic rings. The lowest BCUT2D eigenvalue weighted by Gasteiger charge is -2.05. The lowest BCUT2D eigenvalue weighted by Crippen LogP contribution is -2.12. The summed E-state index contributed by atoms with van der Waals surface area (Å²) in [6, 6.07) is 3.90. The van der Waals surface area contributed by atoms with E-state index in [0.717, 1.165) is 0 Å². The van der Waals surface area contributed by atoms with Crippen LogP contribution in [0.4, 0.5) is 11.4 Å². The molecule has 0 aliphatic carbocycles. The lowest BCUT2D eigenvalue weighted by molar-refractivity contribution is -0.383. The van der Waals surface area contributed by atoms with E-state index in [1.54, 1.807) is 6.92 Å². The molecule has 0 bridgehead atoms. The third-order valence-electron chi connectivity index (χ3n) is 2.02. The number of nitrogens with one attached hydrogen (secondary N) is 1. The third kappa shape index (κ3) is 3.21. The summed E-state index contributed by atoms with van der Waals surface area (Å²) in [6.07, 6.45) is 0. The van der Waals surface area contributed by atoms with Gasteiger partial charge in [-0.25, -0.2) is 0 Å². The Morgan fingerprint density at radius 3 is 2.82 bits per heavy atom. The molecule has 3 N–H and O–H groups in total. The van der Waals surface area contributed by atoms with E-state index in [0.29, 0.717) is 0 Å². The van der Waals surface area contributed by atoms with E-state index in [1.165, 1.54) is 18.2 Å². The Hall–Kier alpha value is -2.55. The number of benzene rings is 1. The molecule has 17 heavy (non-hydrogen) atoms. The van der Waals surface area contributed by atoms with Gasteiger partial charge in [0, 0.05) is 11.6 Å². The summed E-state index contributed by atoms with van der Waals surface area (Å²) in [5.41, 5.74) is 5.42. The first-order valence-corrected chi connectivity index (χ1v) is 4.78. The van der Waals surface area contributed by atoms with Gasteiger partial charge in [-0.1, -0.05) is 5.92 Å². The van der Waals surface area contributed by atoms with Crippen LogP contribution in [0.2, 0.25) is 0 Å². The second-order valence-electron chi connectivity index (χ2n) is 3.13. The number of anilines is 1. The predicted octanol–water partition coefficient (Wildman–Crippen LogP) is 1.13. The van der Waals surface area contributed by atoms with Crippen molar-refractivity contribution < 1.29 is 9.72 Å². The van der Waals surface area contributed by atoms with Gasteiger partial charge in [0.05, 0.1) is 11.5 Å². The van der Waals surface area contributed by atoms with Crippen LogP contribution >= 0.6 is 0 Å². The van der Waals surface area contributed by atoms with Crippen LogP contribution in [-0.4, -0.2) is 17.4 Å². The number of primary amides is 1. The van der Waals surface area contributed by atoms with Crippen LogP contribution in [0.5, 0.6) is 0 Å². The second-order valence-corrected chi connectivity index (χ2v) is 3.13. The van der Waals surface area contributed by atoms with Crippen LogP contribution in [-0.2, 0) is 0 Å². The molecule has 1 rings (SSSR count). The fourth-order valence-corrected chi connectivity index (χ4v) is 1.22. The second kappa shape index (κ2) is 5.51. The number of rotatable bonds is 4. The minimum Gasteiger partial charge on any atom is -0.369 e. The van der Waals surface area contributed by atoms with Gasteiger partial charge in [-0.05, 0) is 19.1 Å². The Morgan fingerprint density at radius 1 is 1.59 bits per heavy atom. The first kappa shape index (κ1) is 12.5. The van der Waals surface area contributed by atoms with E-state index in [9.17, 15) is 14.9 Å². The Balaban J connectivity index is 3.09. The molecule has 1 amide bonds. The highest BCUT2D eigenvalue weighted by Gasteiger charge is 2.15. The average molecular weight is 233 g/mol. The van der Waals surface area contributed by atoms with E-state index in [2.05, 4.69) is 17.2 Å². The van der Waals surface area contributed by atoms with E-state index < -0.39 is 10.8 Å². The lowest BCUT2D eigenvalue weighted by atomic mass is 10.1. The number of carbonyl (C=O) groups is 1. The molecule has 6 nitrogen and oxygen atoms in total. The summed E-state index contributed by atoms with van der Waals surface area (Å²) < 4.78 is 0. The number of hydrogen-bond donors (Lipinski definition) is 2. The Labute approximate surface area is 98.0 Å². The van der Waals surface area contributed by atoms with Crippen LogP contribution < -0.4 is 11.1 Å². The number of amides is 1. The van der Waals surface area contributed by atoms with Crippen molar-refractivity contribution in [3.05, 3.63) is 33.9 Å². The Morgan fingerprint density at radius 2 is 2.29 bits per heavy atom. The highest BCUT2D eigenvalue weighted by molar-refractivity contribution is 5.94. The molecule has 0 radical (unpaired) electrons. The molecule has 88 valence electrons. The van der Waals surface area contributed by atoms with E-state index >= 15 is 0 Å². The smallest absolute Gasteiger partial charge is 0.292 e. The van der Waals surface area contributed by atoms with Gasteiger partial charge in [-0.2, -0.15) is 0 Å². The minimum atomic E-state index is -0.635. The molecular weight excluding hydrogens is 222 g/mol. The SMILES string of the molecule is CC#CCNc1cc(C(N)=O)ccc1[N+](=O)[O-]. The van der Waals surface area contributed by atoms with Gasteiger partial charge in [0.25, 0.3) is 5.69 Å². The molecule has 0 aromatic heterocycles. The molecular formula is C11H11N3O3. The van der Waals surface area contributed by atoms with Gasteiger partial charge in [0.1, 0.15) is 5.69 Å². The molecule has 0 atom stereocenters. The number of nitrogens with zero attached hydrogens (tertiary/aromatic N) is 1. The van der Waals surface area contributed by atoms with E-state index in [-0.39, 0.29) is 23.5 Å². The topological polar surface area (TPSA) is 98.3 Å². The van der Waals surface area contributed by atoms with Crippen LogP contribution in [0.1, 0.15) is 17.3 Å². The molecule has 0 saturated carbocycles. The van der Waals surface area contributed by atoms with Gasteiger partial charge < -0.3 is 11.1 Å². The maximum Gasteiger partial charge on any atom is 0.292 e. The minimum absolute atomic E-state index is 0.118. The Bertz CT molecular complexity index is 514. The number of hydrogen-bond acceptors (Lipinski definition) is 4. The summed E-state index contributed by atoms with van der Waals surface area (Å²) in [7, 11) is 0. The molecule has 0 aliphatic heterocycles. The van der Waals surface area contributed by atoms with Crippen molar-refractivity contribution >= 4 is 17.3 Å². The summed E-state index contributed by atoms with van der Waals surface area (Å²) in [6.45, 7) is 1.93. The zero-order valence-electron chi connectivity index (χ0n) is 9.19. The average Bonchev–Trinajstić information content (AvgIpc) is 2.28. The van der Waals surface area contributed by atoms with Crippen LogP contribution in [0.25, 0.3) is 0 Å². The van der Waals surface area contributed by atoms with Crippen molar-refractivity contribution in [2.75, 3.05) is 11.9 Å². The van der Waals surface area contributed by atoms with Gasteiger partial charge in [-0.3, -0.25) is 14.9 Å². The van der Waals surface area contributed by atoms with Crippen LogP contribution in [0, 0.1) is 22.0 Å². The molecule has 0 saturated heterocycles. The number of carbonyl (C=O) groups excluding carboxylic acids is 1. The maximum absolute atomic E-state index is 11.0. The van der Waals surface area contributed by atoms with Crippen molar-refractivity contribution in [1.29, 1.82) is 0 Å². The van der Waals surface area contributed by atoms with Crippen molar-refractivity contribution in [2.24, 2.45) is 5.73 Å². The summed E-state index contributed by atoms with van der Waals surface area (Å²) >= 11 is 0. The van der Waals surface area contributed by atoms with Gasteiger partial charge in [-0.15, -0.1) is 5.92 Å². The summed E-state index contributed by atoms with van der Waals surface area (Å²) in [5.74, 6) is 4.73. The molecule has 0 spiro atoms. The largest absolute Gasteiger partial charge is 0.369 e.